The molecule has 6 N–H and O–H groups in total. The molecule has 484 valence electrons. The molecule has 0 spiro atoms. The van der Waals surface area contributed by atoms with Gasteiger partial charge in [0.05, 0.1) is 68.2 Å². The summed E-state index contributed by atoms with van der Waals surface area (Å²) in [5.41, 5.74) is 16.4. The van der Waals surface area contributed by atoms with Gasteiger partial charge in [-0.25, -0.2) is 19.2 Å². The number of rotatable bonds is 28. The first-order valence-electron chi connectivity index (χ1n) is 30.5. The molecular weight excluding hydrogens is 1220 g/mol. The molecule has 2 aliphatic carbocycles. The van der Waals surface area contributed by atoms with E-state index in [1.54, 1.807) is 21.9 Å². The Kier molecular flexibility index (Phi) is 21.8. The van der Waals surface area contributed by atoms with Gasteiger partial charge in [0, 0.05) is 67.5 Å². The van der Waals surface area contributed by atoms with Gasteiger partial charge in [-0.1, -0.05) is 131 Å². The topological polar surface area (TPSA) is 265 Å². The second-order valence-electron chi connectivity index (χ2n) is 23.1. The van der Waals surface area contributed by atoms with Crippen LogP contribution in [0.5, 0.6) is 23.0 Å². The Balaban J connectivity index is 0.623. The van der Waals surface area contributed by atoms with Crippen molar-refractivity contribution < 1.29 is 71.8 Å². The number of carbonyl (C=O) groups excluding carboxylic acids is 5. The lowest BCUT2D eigenvalue weighted by Crippen LogP contribution is -2.51. The zero-order valence-electron chi connectivity index (χ0n) is 51.8. The fourth-order valence-corrected chi connectivity index (χ4v) is 14.3. The largest absolute Gasteiger partial charge is 0.493 e. The molecule has 6 aromatic rings. The zero-order valence-corrected chi connectivity index (χ0v) is 53.5. The average Bonchev–Trinajstić information content (AvgIpc) is 1.64. The maximum atomic E-state index is 14.4. The normalized spacial score (nSPS) is 15.6. The lowest BCUT2D eigenvalue weighted by Gasteiger charge is -2.33. The van der Waals surface area contributed by atoms with Crippen LogP contribution in [-0.4, -0.2) is 154 Å². The number of likely N-dealkylation sites (tertiary alicyclic amines) is 1. The second-order valence-corrected chi connectivity index (χ2v) is 26.3. The van der Waals surface area contributed by atoms with E-state index in [9.17, 15) is 33.9 Å². The molecule has 0 bridgehead atoms. The third-order valence-corrected chi connectivity index (χ3v) is 19.6. The number of methoxy groups -OCH3 is 2. The van der Waals surface area contributed by atoms with Crippen molar-refractivity contribution in [2.75, 3.05) is 96.8 Å². The van der Waals surface area contributed by atoms with E-state index in [-0.39, 0.29) is 123 Å². The van der Waals surface area contributed by atoms with Crippen LogP contribution in [0.1, 0.15) is 101 Å². The molecule has 92 heavy (non-hydrogen) atoms. The van der Waals surface area contributed by atoms with Gasteiger partial charge in [-0.15, -0.1) is 0 Å². The predicted octanol–water partition coefficient (Wildman–Crippen LogP) is 11.7. The van der Waals surface area contributed by atoms with Gasteiger partial charge < -0.3 is 64.3 Å². The number of hydrogen-bond acceptors (Lipinski definition) is 17. The third-order valence-electron chi connectivity index (χ3n) is 16.3. The van der Waals surface area contributed by atoms with Gasteiger partial charge in [-0.05, 0) is 90.1 Å². The van der Waals surface area contributed by atoms with Gasteiger partial charge in [0.1, 0.15) is 19.8 Å². The molecule has 6 aromatic carbocycles. The number of unbranched alkanes of at least 4 members (excludes halogenated alkanes) is 2. The highest BCUT2D eigenvalue weighted by molar-refractivity contribution is 8.77. The van der Waals surface area contributed by atoms with Crippen LogP contribution in [0.15, 0.2) is 133 Å². The number of amides is 5. The van der Waals surface area contributed by atoms with E-state index in [0.29, 0.717) is 49.5 Å². The molecule has 0 radical (unpaired) electrons. The molecule has 2 atom stereocenters. The van der Waals surface area contributed by atoms with Crippen molar-refractivity contribution in [3.8, 4) is 45.3 Å². The highest BCUT2D eigenvalue weighted by Crippen LogP contribution is 2.47. The Labute approximate surface area is 542 Å². The number of aromatic carboxylic acids is 1. The fraction of sp³-hybridized carbons (Fsp3) is 0.362. The van der Waals surface area contributed by atoms with Gasteiger partial charge >= 0.3 is 24.2 Å². The van der Waals surface area contributed by atoms with Crippen molar-refractivity contribution in [3.63, 3.8) is 0 Å². The number of fused-ring (bicyclic) bond motifs is 6. The van der Waals surface area contributed by atoms with Crippen molar-refractivity contribution >= 4 is 69.0 Å². The molecule has 2 saturated heterocycles. The van der Waals surface area contributed by atoms with Crippen LogP contribution in [-0.2, 0) is 23.7 Å². The van der Waals surface area contributed by atoms with Crippen LogP contribution in [0.3, 0.4) is 0 Å². The molecule has 0 saturated carbocycles. The van der Waals surface area contributed by atoms with Gasteiger partial charge in [-0.3, -0.25) is 19.8 Å². The summed E-state index contributed by atoms with van der Waals surface area (Å²) in [6.45, 7) is 9.97. The number of nitrogens with one attached hydrogen (secondary N) is 3. The number of nitrogens with two attached hydrogens (primary N) is 1. The average molecular weight is 1290 g/mol. The summed E-state index contributed by atoms with van der Waals surface area (Å²) in [6.07, 6.45) is -0.286. The summed E-state index contributed by atoms with van der Waals surface area (Å²) in [4.78, 5) is 82.0. The summed E-state index contributed by atoms with van der Waals surface area (Å²) in [7, 11) is 5.72. The Morgan fingerprint density at radius 3 is 1.79 bits per heavy atom. The number of carboxylic acids is 1. The number of anilines is 2. The lowest BCUT2D eigenvalue weighted by molar-refractivity contribution is -0.120. The van der Waals surface area contributed by atoms with Crippen molar-refractivity contribution in [3.05, 3.63) is 167 Å². The Morgan fingerprint density at radius 2 is 1.22 bits per heavy atom. The molecule has 10 rings (SSSR count). The Bertz CT molecular complexity index is 3620. The van der Waals surface area contributed by atoms with Gasteiger partial charge in [0.15, 0.2) is 29.2 Å². The molecule has 1 unspecified atom stereocenters. The van der Waals surface area contributed by atoms with Gasteiger partial charge in [-0.2, -0.15) is 0 Å². The third kappa shape index (κ3) is 15.6. The minimum Gasteiger partial charge on any atom is -0.493 e. The minimum atomic E-state index is -1.31. The molecule has 0 aromatic heterocycles. The van der Waals surface area contributed by atoms with Crippen molar-refractivity contribution in [2.24, 2.45) is 0 Å². The number of benzene rings is 6. The van der Waals surface area contributed by atoms with E-state index in [1.807, 2.05) is 62.4 Å². The number of nitrogen functional groups attached to an aromatic ring is 1. The number of carboxylic acid groups (broad SMARTS) is 1. The molecule has 2 fully saturated rings. The number of ether oxygens (including phenoxy) is 8. The number of alkyl carbamates (subject to hydrolysis) is 1. The van der Waals surface area contributed by atoms with Crippen LogP contribution in [0.2, 0.25) is 0 Å². The van der Waals surface area contributed by atoms with Gasteiger partial charge in [0.2, 0.25) is 5.91 Å². The van der Waals surface area contributed by atoms with Crippen molar-refractivity contribution in [1.82, 2.24) is 20.4 Å². The van der Waals surface area contributed by atoms with E-state index in [0.717, 1.165) is 50.1 Å². The first-order valence-corrected chi connectivity index (χ1v) is 32.8. The SMILES string of the molecule is C=C1C[C@@H](C2OCCN2C(=O)OCC2c3ccccc3-c3ccccc32)N(C(=O)c2cc(OC)c(OCCCCCOc3cc(NC(=O)OCC(C)(C)SSCCC(=O)NCCNC(=O)OCC4c5ccccc5-c5ccccc54)c(C(=O)O)cc3OC)cc2N)C1. The lowest BCUT2D eigenvalue weighted by atomic mass is 9.98. The molecule has 2 aliphatic heterocycles. The highest BCUT2D eigenvalue weighted by Gasteiger charge is 2.45. The molecule has 5 amide bonds. The van der Waals surface area contributed by atoms with Crippen LogP contribution in [0, 0.1) is 0 Å². The van der Waals surface area contributed by atoms with Crippen molar-refractivity contribution in [1.29, 1.82) is 0 Å². The molecule has 23 heteroatoms. The van der Waals surface area contributed by atoms with E-state index in [2.05, 4.69) is 71.1 Å². The zero-order chi connectivity index (χ0) is 64.9. The van der Waals surface area contributed by atoms with Crippen LogP contribution >= 0.6 is 21.6 Å². The monoisotopic (exact) mass is 1290 g/mol. The van der Waals surface area contributed by atoms with E-state index in [1.165, 1.54) is 47.9 Å². The molecule has 21 nitrogen and oxygen atoms in total. The summed E-state index contributed by atoms with van der Waals surface area (Å²) in [6, 6.07) is 37.7. The fourth-order valence-electron chi connectivity index (χ4n) is 11.9. The smallest absolute Gasteiger partial charge is 0.412 e. The van der Waals surface area contributed by atoms with Crippen LogP contribution in [0.4, 0.5) is 25.8 Å². The maximum absolute atomic E-state index is 14.4. The first kappa shape index (κ1) is 65.9. The van der Waals surface area contributed by atoms with E-state index in [4.69, 9.17) is 43.6 Å². The van der Waals surface area contributed by atoms with E-state index >= 15 is 0 Å². The number of carbonyl (C=O) groups is 6. The number of hydrogen-bond donors (Lipinski definition) is 5. The standard InChI is InChI=1S/C69H76N6O15S2/c1-42-33-57(64-74(28-31-87-64)68(82)89-40-54-49-23-13-9-19-45(49)46-20-10-14-24-50(46)54)75(38-42)63(77)51-34-58(83-4)60(36-55(51)70)85-29-15-6-16-30-86-61-37-56(52(65(78)79)35-59(61)84-5)73-67(81)90-41-69(2,3)92-91-32-25-62(76)71-26-27-72-66(80)88-39-53-47-21-11-7-17-43(47)44-18-8-12-22-48(44)53/h7-14,17-24,34-37,53-54,57,64H,1,6,15-16,25-33,38-41,70H2,2-5H3,(H,71,76)(H,72,80)(H,73,81)(H,78,79)/t57-,64?/m0/s1. The maximum Gasteiger partial charge on any atom is 0.412 e. The van der Waals surface area contributed by atoms with Crippen LogP contribution in [0.25, 0.3) is 22.3 Å². The Hall–Kier alpha value is -9.06. The highest BCUT2D eigenvalue weighted by atomic mass is 33.1. The predicted molar refractivity (Wildman–Crippen MR) is 352 cm³/mol. The van der Waals surface area contributed by atoms with Gasteiger partial charge in [0.25, 0.3) is 5.91 Å². The molecule has 4 aliphatic rings. The molecule has 2 heterocycles. The quantitative estimate of drug-likeness (QED) is 0.0100. The Morgan fingerprint density at radius 1 is 0.674 bits per heavy atom. The first-order chi connectivity index (χ1) is 44.5. The van der Waals surface area contributed by atoms with Crippen LogP contribution < -0.4 is 40.6 Å². The summed E-state index contributed by atoms with van der Waals surface area (Å²) < 4.78 is 46.0. The summed E-state index contributed by atoms with van der Waals surface area (Å²) in [5.74, 6) is -0.576. The minimum absolute atomic E-state index is 0.0386. The summed E-state index contributed by atoms with van der Waals surface area (Å²) in [5, 5.41) is 18.1. The second kappa shape index (κ2) is 30.4. The van der Waals surface area contributed by atoms with Crippen molar-refractivity contribution in [2.45, 2.75) is 74.8 Å². The van der Waals surface area contributed by atoms with E-state index < -0.39 is 41.3 Å². The summed E-state index contributed by atoms with van der Waals surface area (Å²) >= 11 is 0. The number of nitrogens with zero attached hydrogens (tertiary/aromatic N) is 2. The molecular formula is C69H76N6O15S2.